The van der Waals surface area contributed by atoms with E-state index in [0.29, 0.717) is 5.02 Å². The van der Waals surface area contributed by atoms with Gasteiger partial charge < -0.3 is 4.74 Å². The van der Waals surface area contributed by atoms with Gasteiger partial charge >= 0.3 is 5.97 Å². The predicted octanol–water partition coefficient (Wildman–Crippen LogP) is 3.45. The van der Waals surface area contributed by atoms with Crippen LogP contribution < -0.4 is 4.72 Å². The van der Waals surface area contributed by atoms with E-state index in [0.717, 1.165) is 16.9 Å². The summed E-state index contributed by atoms with van der Waals surface area (Å²) in [5, 5.41) is 2.26. The van der Waals surface area contributed by atoms with Gasteiger partial charge in [0.05, 0.1) is 0 Å². The Bertz CT molecular complexity index is 771. The Hall–Kier alpha value is -1.41. The lowest BCUT2D eigenvalue weighted by Crippen LogP contribution is -2.45. The molecule has 0 unspecified atom stereocenters. The molecule has 0 saturated carbocycles. The average molecular weight is 388 g/mol. The van der Waals surface area contributed by atoms with Crippen LogP contribution in [0.4, 0.5) is 0 Å². The molecule has 130 valence electrons. The van der Waals surface area contributed by atoms with Gasteiger partial charge in [-0.3, -0.25) is 4.79 Å². The molecule has 2 rings (SSSR count). The normalized spacial score (nSPS) is 13.0. The van der Waals surface area contributed by atoms with Gasteiger partial charge in [0.1, 0.15) is 16.9 Å². The highest BCUT2D eigenvalue weighted by Gasteiger charge is 2.30. The van der Waals surface area contributed by atoms with E-state index in [2.05, 4.69) is 4.72 Å². The summed E-state index contributed by atoms with van der Waals surface area (Å²) in [4.78, 5) is 12.3. The van der Waals surface area contributed by atoms with Crippen LogP contribution in [0.2, 0.25) is 5.02 Å². The Kier molecular flexibility index (Phi) is 6.40. The maximum atomic E-state index is 12.3. The zero-order valence-corrected chi connectivity index (χ0v) is 15.6. The van der Waals surface area contributed by atoms with Crippen LogP contribution in [-0.4, -0.2) is 20.4 Å². The number of sulfonamides is 1. The fourth-order valence-corrected chi connectivity index (χ4v) is 4.39. The molecule has 2 aromatic rings. The molecule has 24 heavy (non-hydrogen) atoms. The van der Waals surface area contributed by atoms with Crippen molar-refractivity contribution in [3.8, 4) is 0 Å². The van der Waals surface area contributed by atoms with E-state index < -0.39 is 22.0 Å². The molecule has 5 nitrogen and oxygen atoms in total. The quantitative estimate of drug-likeness (QED) is 0.738. The summed E-state index contributed by atoms with van der Waals surface area (Å²) in [5.41, 5.74) is 0.774. The molecule has 0 spiro atoms. The summed E-state index contributed by atoms with van der Waals surface area (Å²) in [6, 6.07) is 9.07. The first kappa shape index (κ1) is 18.9. The molecule has 0 saturated heterocycles. The maximum absolute atomic E-state index is 12.3. The van der Waals surface area contributed by atoms with Crippen LogP contribution in [-0.2, 0) is 26.2 Å². The van der Waals surface area contributed by atoms with Crippen molar-refractivity contribution in [1.82, 2.24) is 4.72 Å². The maximum Gasteiger partial charge on any atom is 0.324 e. The van der Waals surface area contributed by atoms with Crippen molar-refractivity contribution in [3.63, 3.8) is 0 Å². The summed E-state index contributed by atoms with van der Waals surface area (Å²) in [6.45, 7) is 3.57. The van der Waals surface area contributed by atoms with Crippen molar-refractivity contribution < 1.29 is 17.9 Å². The zero-order chi connectivity index (χ0) is 17.7. The highest BCUT2D eigenvalue weighted by molar-refractivity contribution is 7.91. The number of hydrogen-bond acceptors (Lipinski definition) is 5. The number of nitrogens with one attached hydrogen (secondary N) is 1. The van der Waals surface area contributed by atoms with Crippen LogP contribution in [0.25, 0.3) is 0 Å². The van der Waals surface area contributed by atoms with Crippen LogP contribution >= 0.6 is 22.9 Å². The molecule has 1 aromatic carbocycles. The lowest BCUT2D eigenvalue weighted by Gasteiger charge is -2.20. The Morgan fingerprint density at radius 1 is 1.25 bits per heavy atom. The summed E-state index contributed by atoms with van der Waals surface area (Å²) in [7, 11) is -3.74. The van der Waals surface area contributed by atoms with Gasteiger partial charge in [0.25, 0.3) is 10.0 Å². The van der Waals surface area contributed by atoms with Crippen molar-refractivity contribution in [3.05, 3.63) is 52.4 Å². The molecule has 1 atom stereocenters. The second kappa shape index (κ2) is 8.11. The second-order valence-electron chi connectivity index (χ2n) is 5.51. The lowest BCUT2D eigenvalue weighted by atomic mass is 10.1. The number of carbonyl (C=O) groups excluding carboxylic acids is 1. The van der Waals surface area contributed by atoms with E-state index in [1.807, 2.05) is 0 Å². The van der Waals surface area contributed by atoms with Gasteiger partial charge in [-0.15, -0.1) is 11.3 Å². The number of hydrogen-bond donors (Lipinski definition) is 1. The first-order chi connectivity index (χ1) is 11.3. The number of carbonyl (C=O) groups is 1. The molecule has 8 heteroatoms. The number of esters is 1. The van der Waals surface area contributed by atoms with E-state index in [1.54, 1.807) is 49.6 Å². The number of benzene rings is 1. The fraction of sp³-hybridized carbons (Fsp3) is 0.312. The van der Waals surface area contributed by atoms with Gasteiger partial charge in [-0.1, -0.05) is 43.6 Å². The van der Waals surface area contributed by atoms with Gasteiger partial charge in [-0.2, -0.15) is 4.72 Å². The first-order valence-corrected chi connectivity index (χ1v) is 10.0. The summed E-state index contributed by atoms with van der Waals surface area (Å²) in [6.07, 6.45) is 0. The molecule has 0 bridgehead atoms. The van der Waals surface area contributed by atoms with E-state index >= 15 is 0 Å². The van der Waals surface area contributed by atoms with Crippen molar-refractivity contribution >= 4 is 38.9 Å². The third-order valence-corrected chi connectivity index (χ3v) is 6.35. The smallest absolute Gasteiger partial charge is 0.324 e. The minimum atomic E-state index is -3.74. The third kappa shape index (κ3) is 5.04. The monoisotopic (exact) mass is 387 g/mol. The summed E-state index contributed by atoms with van der Waals surface area (Å²) < 4.78 is 32.4. The van der Waals surface area contributed by atoms with Gasteiger partial charge in [-0.05, 0) is 35.1 Å². The Morgan fingerprint density at radius 3 is 2.46 bits per heavy atom. The number of rotatable bonds is 7. The van der Waals surface area contributed by atoms with E-state index in [-0.39, 0.29) is 16.7 Å². The molecule has 0 aliphatic rings. The molecule has 0 amide bonds. The molecular weight excluding hydrogens is 370 g/mol. The van der Waals surface area contributed by atoms with E-state index in [4.69, 9.17) is 16.3 Å². The molecular formula is C16H18ClNO4S2. The molecule has 0 fully saturated rings. The van der Waals surface area contributed by atoms with E-state index in [1.165, 1.54) is 6.07 Å². The average Bonchev–Trinajstić information content (AvgIpc) is 3.07. The van der Waals surface area contributed by atoms with Crippen LogP contribution in [0.5, 0.6) is 0 Å². The SMILES string of the molecule is CC(C)[C@@H](NS(=O)(=O)c1cccs1)C(=O)OCc1ccc(Cl)cc1. The fourth-order valence-electron chi connectivity index (χ4n) is 1.92. The minimum absolute atomic E-state index is 0.0555. The van der Waals surface area contributed by atoms with Crippen LogP contribution in [0, 0.1) is 5.92 Å². The largest absolute Gasteiger partial charge is 0.460 e. The zero-order valence-electron chi connectivity index (χ0n) is 13.2. The standard InChI is InChI=1S/C16H18ClNO4S2/c1-11(2)15(18-24(20,21)14-4-3-9-23-14)16(19)22-10-12-5-7-13(17)8-6-12/h3-9,11,15,18H,10H2,1-2H3/t15-/m1/s1. The van der Waals surface area contributed by atoms with E-state index in [9.17, 15) is 13.2 Å². The number of halogens is 1. The summed E-state index contributed by atoms with van der Waals surface area (Å²) in [5.74, 6) is -0.863. The van der Waals surface area contributed by atoms with Gasteiger partial charge in [0.15, 0.2) is 0 Å². The second-order valence-corrected chi connectivity index (χ2v) is 8.83. The van der Waals surface area contributed by atoms with Gasteiger partial charge in [0, 0.05) is 5.02 Å². The molecule has 0 aliphatic heterocycles. The number of ether oxygens (including phenoxy) is 1. The highest BCUT2D eigenvalue weighted by Crippen LogP contribution is 2.18. The first-order valence-electron chi connectivity index (χ1n) is 7.26. The Morgan fingerprint density at radius 2 is 1.92 bits per heavy atom. The molecule has 1 aromatic heterocycles. The molecule has 1 heterocycles. The van der Waals surface area contributed by atoms with Crippen LogP contribution in [0.3, 0.4) is 0 Å². The highest BCUT2D eigenvalue weighted by atomic mass is 35.5. The van der Waals surface area contributed by atoms with Crippen LogP contribution in [0.15, 0.2) is 46.0 Å². The van der Waals surface area contributed by atoms with Crippen LogP contribution in [0.1, 0.15) is 19.4 Å². The minimum Gasteiger partial charge on any atom is -0.460 e. The van der Waals surface area contributed by atoms with Crippen molar-refractivity contribution in [2.75, 3.05) is 0 Å². The predicted molar refractivity (Wildman–Crippen MR) is 94.5 cm³/mol. The van der Waals surface area contributed by atoms with Gasteiger partial charge in [-0.25, -0.2) is 8.42 Å². The topological polar surface area (TPSA) is 72.5 Å². The van der Waals surface area contributed by atoms with Crippen molar-refractivity contribution in [2.24, 2.45) is 5.92 Å². The van der Waals surface area contributed by atoms with Gasteiger partial charge in [0.2, 0.25) is 0 Å². The Labute approximate surface area is 150 Å². The lowest BCUT2D eigenvalue weighted by molar-refractivity contribution is -0.148. The number of thiophene rings is 1. The van der Waals surface area contributed by atoms with Crippen molar-refractivity contribution in [1.29, 1.82) is 0 Å². The Balaban J connectivity index is 2.04. The third-order valence-electron chi connectivity index (χ3n) is 3.26. The summed E-state index contributed by atoms with van der Waals surface area (Å²) >= 11 is 6.90. The molecule has 1 N–H and O–H groups in total. The molecule has 0 radical (unpaired) electrons. The van der Waals surface area contributed by atoms with Crippen molar-refractivity contribution in [2.45, 2.75) is 30.7 Å². The molecule has 0 aliphatic carbocycles.